The molecule has 14 heavy (non-hydrogen) atoms. The van der Waals surface area contributed by atoms with E-state index in [9.17, 15) is 4.79 Å². The molecule has 0 radical (unpaired) electrons. The van der Waals surface area contributed by atoms with Crippen LogP contribution in [0.15, 0.2) is 12.2 Å². The molecule has 0 bridgehead atoms. The van der Waals surface area contributed by atoms with E-state index in [4.69, 9.17) is 8.85 Å². The predicted octanol–water partition coefficient (Wildman–Crippen LogP) is 2.28. The summed E-state index contributed by atoms with van der Waals surface area (Å²) in [4.78, 5) is 11.3. The Labute approximate surface area is 87.4 Å². The molecular weight excluding hydrogens is 196 g/mol. The Bertz CT molecular complexity index is 215. The van der Waals surface area contributed by atoms with Crippen molar-refractivity contribution in [2.75, 3.05) is 13.7 Å². The number of carbonyl (C=O) groups excluding carboxylic acids is 1. The van der Waals surface area contributed by atoms with Crippen molar-refractivity contribution in [1.82, 2.24) is 0 Å². The second-order valence-corrected chi connectivity index (χ2v) is 7.04. The van der Waals surface area contributed by atoms with Gasteiger partial charge >= 0.3 is 8.56 Å². The maximum atomic E-state index is 11.3. The van der Waals surface area contributed by atoms with Crippen molar-refractivity contribution >= 4 is 14.3 Å². The molecule has 0 rings (SSSR count). The first-order valence-electron chi connectivity index (χ1n) is 4.83. The minimum Gasteiger partial charge on any atom is -0.398 e. The van der Waals surface area contributed by atoms with Crippen LogP contribution in [0.2, 0.25) is 12.6 Å². The molecule has 0 fully saturated rings. The van der Waals surface area contributed by atoms with Gasteiger partial charge in [0.25, 0.3) is 0 Å². The summed E-state index contributed by atoms with van der Waals surface area (Å²) < 4.78 is 10.9. The molecule has 0 aromatic heterocycles. The average Bonchev–Trinajstić information content (AvgIpc) is 2.14. The highest BCUT2D eigenvalue weighted by molar-refractivity contribution is 6.66. The zero-order chi connectivity index (χ0) is 11.2. The molecule has 0 aliphatic heterocycles. The van der Waals surface area contributed by atoms with Gasteiger partial charge in [0.1, 0.15) is 0 Å². The summed E-state index contributed by atoms with van der Waals surface area (Å²) in [5.41, 5.74) is 0.536. The molecule has 0 aromatic rings. The first kappa shape index (κ1) is 13.5. The largest absolute Gasteiger partial charge is 0.398 e. The molecule has 0 N–H and O–H groups in total. The third kappa shape index (κ3) is 4.69. The Balaban J connectivity index is 4.07. The molecule has 0 aliphatic carbocycles. The van der Waals surface area contributed by atoms with Crippen LogP contribution >= 0.6 is 0 Å². The van der Waals surface area contributed by atoms with Crippen LogP contribution in [0.25, 0.3) is 0 Å². The van der Waals surface area contributed by atoms with E-state index < -0.39 is 8.56 Å². The fourth-order valence-electron chi connectivity index (χ4n) is 1.03. The van der Waals surface area contributed by atoms with Gasteiger partial charge in [0.05, 0.1) is 6.61 Å². The minimum absolute atomic E-state index is 0.0446. The molecule has 1 unspecified atom stereocenters. The Hall–Kier alpha value is -0.453. The lowest BCUT2D eigenvalue weighted by molar-refractivity contribution is -0.118. The third-order valence-electron chi connectivity index (χ3n) is 2.12. The summed E-state index contributed by atoms with van der Waals surface area (Å²) in [7, 11) is -0.448. The standard InChI is InChI=1S/C10H20O3Si/c1-6-7-14(5,12-4)13-8-10(11)9(2)3/h2,6-8H2,1,3-5H3. The second kappa shape index (κ2) is 6.11. The zero-order valence-electron chi connectivity index (χ0n) is 9.55. The highest BCUT2D eigenvalue weighted by Crippen LogP contribution is 2.14. The summed E-state index contributed by atoms with van der Waals surface area (Å²) in [6, 6.07) is 0.910. The zero-order valence-corrected chi connectivity index (χ0v) is 10.6. The van der Waals surface area contributed by atoms with Gasteiger partial charge in [-0.25, -0.2) is 0 Å². The number of hydrogen-bond acceptors (Lipinski definition) is 3. The van der Waals surface area contributed by atoms with Crippen molar-refractivity contribution in [3.8, 4) is 0 Å². The lowest BCUT2D eigenvalue weighted by atomic mass is 10.2. The molecular formula is C10H20O3Si. The number of carbonyl (C=O) groups is 1. The highest BCUT2D eigenvalue weighted by Gasteiger charge is 2.29. The molecule has 82 valence electrons. The molecule has 0 amide bonds. The fourth-order valence-corrected chi connectivity index (χ4v) is 2.84. The Kier molecular flexibility index (Phi) is 5.91. The maximum Gasteiger partial charge on any atom is 0.335 e. The van der Waals surface area contributed by atoms with Gasteiger partial charge in [-0.15, -0.1) is 0 Å². The summed E-state index contributed by atoms with van der Waals surface area (Å²) >= 11 is 0. The smallest absolute Gasteiger partial charge is 0.335 e. The van der Waals surface area contributed by atoms with E-state index in [-0.39, 0.29) is 12.4 Å². The number of hydrogen-bond donors (Lipinski definition) is 0. The van der Waals surface area contributed by atoms with Crippen molar-refractivity contribution in [2.24, 2.45) is 0 Å². The van der Waals surface area contributed by atoms with Gasteiger partial charge in [0, 0.05) is 7.11 Å². The van der Waals surface area contributed by atoms with E-state index >= 15 is 0 Å². The van der Waals surface area contributed by atoms with Crippen molar-refractivity contribution in [3.63, 3.8) is 0 Å². The maximum absolute atomic E-state index is 11.3. The van der Waals surface area contributed by atoms with E-state index in [2.05, 4.69) is 13.5 Å². The minimum atomic E-state index is -2.09. The summed E-state index contributed by atoms with van der Waals surface area (Å²) in [6.07, 6.45) is 1.01. The van der Waals surface area contributed by atoms with Crippen molar-refractivity contribution in [2.45, 2.75) is 32.9 Å². The number of Topliss-reactive ketones (excluding diaryl/α,β-unsaturated/α-hetero) is 1. The van der Waals surface area contributed by atoms with Gasteiger partial charge in [-0.1, -0.05) is 19.9 Å². The molecule has 3 nitrogen and oxygen atoms in total. The molecule has 0 aliphatic rings. The van der Waals surface area contributed by atoms with E-state index in [1.165, 1.54) is 0 Å². The van der Waals surface area contributed by atoms with Gasteiger partial charge < -0.3 is 8.85 Å². The van der Waals surface area contributed by atoms with Gasteiger partial charge in [0.15, 0.2) is 5.78 Å². The van der Waals surface area contributed by atoms with Crippen LogP contribution in [0.1, 0.15) is 20.3 Å². The van der Waals surface area contributed by atoms with Gasteiger partial charge in [0.2, 0.25) is 0 Å². The van der Waals surface area contributed by atoms with Gasteiger partial charge in [-0.2, -0.15) is 0 Å². The van der Waals surface area contributed by atoms with Crippen molar-refractivity contribution in [1.29, 1.82) is 0 Å². The van der Waals surface area contributed by atoms with Gasteiger partial charge in [-0.3, -0.25) is 4.79 Å². The second-order valence-electron chi connectivity index (χ2n) is 3.58. The van der Waals surface area contributed by atoms with Gasteiger partial charge in [-0.05, 0) is 25.1 Å². The van der Waals surface area contributed by atoms with E-state index in [1.807, 2.05) is 6.55 Å². The summed E-state index contributed by atoms with van der Waals surface area (Å²) in [5.74, 6) is -0.0446. The van der Waals surface area contributed by atoms with Crippen LogP contribution in [-0.2, 0) is 13.6 Å². The highest BCUT2D eigenvalue weighted by atomic mass is 28.4. The topological polar surface area (TPSA) is 35.5 Å². The Morgan fingerprint density at radius 1 is 1.50 bits per heavy atom. The lowest BCUT2D eigenvalue weighted by Crippen LogP contribution is -2.38. The third-order valence-corrected chi connectivity index (χ3v) is 5.15. The number of ketones is 1. The predicted molar refractivity (Wildman–Crippen MR) is 59.5 cm³/mol. The molecule has 0 spiro atoms. The quantitative estimate of drug-likeness (QED) is 0.484. The van der Waals surface area contributed by atoms with E-state index in [0.717, 1.165) is 12.5 Å². The summed E-state index contributed by atoms with van der Waals surface area (Å²) in [6.45, 7) is 9.42. The van der Waals surface area contributed by atoms with E-state index in [1.54, 1.807) is 14.0 Å². The Morgan fingerprint density at radius 3 is 2.43 bits per heavy atom. The van der Waals surface area contributed by atoms with Crippen molar-refractivity contribution < 1.29 is 13.6 Å². The molecule has 4 heteroatoms. The van der Waals surface area contributed by atoms with Crippen LogP contribution in [0.5, 0.6) is 0 Å². The fraction of sp³-hybridized carbons (Fsp3) is 0.700. The normalized spacial score (nSPS) is 14.9. The average molecular weight is 216 g/mol. The molecule has 0 aromatic carbocycles. The summed E-state index contributed by atoms with van der Waals surface area (Å²) in [5, 5.41) is 0. The van der Waals surface area contributed by atoms with Crippen LogP contribution in [-0.4, -0.2) is 28.1 Å². The SMILES string of the molecule is C=C(C)C(=O)CO[Si](C)(CCC)OC. The molecule has 0 heterocycles. The molecule has 1 atom stereocenters. The van der Waals surface area contributed by atoms with Crippen LogP contribution in [0, 0.1) is 0 Å². The monoisotopic (exact) mass is 216 g/mol. The Morgan fingerprint density at radius 2 is 2.07 bits per heavy atom. The van der Waals surface area contributed by atoms with Crippen LogP contribution in [0.3, 0.4) is 0 Å². The first-order valence-corrected chi connectivity index (χ1v) is 7.35. The first-order chi connectivity index (χ1) is 6.45. The van der Waals surface area contributed by atoms with Crippen molar-refractivity contribution in [3.05, 3.63) is 12.2 Å². The lowest BCUT2D eigenvalue weighted by Gasteiger charge is -2.24. The molecule has 0 saturated heterocycles. The number of rotatable bonds is 7. The van der Waals surface area contributed by atoms with E-state index in [0.29, 0.717) is 5.57 Å². The molecule has 0 saturated carbocycles. The van der Waals surface area contributed by atoms with Crippen LogP contribution in [0.4, 0.5) is 0 Å². The van der Waals surface area contributed by atoms with Crippen LogP contribution < -0.4 is 0 Å².